The third kappa shape index (κ3) is 2.08. The van der Waals surface area contributed by atoms with Gasteiger partial charge in [0.05, 0.1) is 5.69 Å². The van der Waals surface area contributed by atoms with Gasteiger partial charge in [0.1, 0.15) is 0 Å². The van der Waals surface area contributed by atoms with Crippen molar-refractivity contribution in [3.63, 3.8) is 0 Å². The van der Waals surface area contributed by atoms with Crippen LogP contribution in [0.3, 0.4) is 0 Å². The minimum atomic E-state index is 0.675. The molecular weight excluding hydrogens is 200 g/mol. The summed E-state index contributed by atoms with van der Waals surface area (Å²) >= 11 is 0. The van der Waals surface area contributed by atoms with Crippen LogP contribution in [0.25, 0.3) is 12.2 Å². The molecule has 0 saturated carbocycles. The van der Waals surface area contributed by atoms with Gasteiger partial charge in [-0.2, -0.15) is 0 Å². The smallest absolute Gasteiger partial charge is 0.166 e. The largest absolute Gasteiger partial charge is 0.342 e. The summed E-state index contributed by atoms with van der Waals surface area (Å²) in [7, 11) is 1.87. The summed E-state index contributed by atoms with van der Waals surface area (Å²) in [6.07, 6.45) is 8.32. The molecule has 0 N–H and O–H groups in total. The maximum atomic E-state index is 10.7. The average molecular weight is 212 g/mol. The van der Waals surface area contributed by atoms with Crippen molar-refractivity contribution in [3.05, 3.63) is 53.6 Å². The summed E-state index contributed by atoms with van der Waals surface area (Å²) < 4.78 is 1.85. The minimum absolute atomic E-state index is 0.675. The van der Waals surface area contributed by atoms with Crippen LogP contribution in [0.5, 0.6) is 0 Å². The molecular formula is C13H12N2O. The van der Waals surface area contributed by atoms with Crippen LogP contribution < -0.4 is 0 Å². The second-order valence-electron chi connectivity index (χ2n) is 3.47. The van der Waals surface area contributed by atoms with Crippen molar-refractivity contribution in [2.24, 2.45) is 7.05 Å². The second kappa shape index (κ2) is 4.57. The van der Waals surface area contributed by atoms with Crippen LogP contribution in [0, 0.1) is 0 Å². The van der Waals surface area contributed by atoms with Crippen molar-refractivity contribution in [3.8, 4) is 0 Å². The number of carbonyl (C=O) groups excluding carboxylic acids is 1. The van der Waals surface area contributed by atoms with Gasteiger partial charge >= 0.3 is 0 Å². The Balaban J connectivity index is 2.24. The van der Waals surface area contributed by atoms with Crippen molar-refractivity contribution in [2.45, 2.75) is 0 Å². The van der Waals surface area contributed by atoms with Crippen LogP contribution in [0.15, 0.2) is 36.7 Å². The molecule has 0 atom stereocenters. The van der Waals surface area contributed by atoms with E-state index in [1.807, 2.05) is 42.0 Å². The van der Waals surface area contributed by atoms with Gasteiger partial charge in [-0.15, -0.1) is 0 Å². The molecule has 0 amide bonds. The lowest BCUT2D eigenvalue weighted by atomic mass is 10.2. The molecule has 3 nitrogen and oxygen atoms in total. The van der Waals surface area contributed by atoms with E-state index in [0.717, 1.165) is 17.5 Å². The Hall–Kier alpha value is -2.16. The van der Waals surface area contributed by atoms with E-state index < -0.39 is 0 Å². The van der Waals surface area contributed by atoms with E-state index >= 15 is 0 Å². The number of hydrogen-bond acceptors (Lipinski definition) is 2. The molecule has 0 bridgehead atoms. The maximum Gasteiger partial charge on any atom is 0.166 e. The van der Waals surface area contributed by atoms with E-state index in [4.69, 9.17) is 0 Å². The van der Waals surface area contributed by atoms with Gasteiger partial charge in [0, 0.05) is 25.1 Å². The summed E-state index contributed by atoms with van der Waals surface area (Å²) in [4.78, 5) is 14.6. The van der Waals surface area contributed by atoms with Crippen LogP contribution in [0.1, 0.15) is 21.7 Å². The summed E-state index contributed by atoms with van der Waals surface area (Å²) in [5, 5.41) is 0. The third-order valence-electron chi connectivity index (χ3n) is 2.47. The lowest BCUT2D eigenvalue weighted by Crippen LogP contribution is -1.95. The van der Waals surface area contributed by atoms with Crippen LogP contribution in [0.4, 0.5) is 0 Å². The minimum Gasteiger partial charge on any atom is -0.342 e. The number of pyridine rings is 1. The Morgan fingerprint density at radius 1 is 1.06 bits per heavy atom. The van der Waals surface area contributed by atoms with Crippen LogP contribution >= 0.6 is 0 Å². The predicted molar refractivity (Wildman–Crippen MR) is 64.0 cm³/mol. The highest BCUT2D eigenvalue weighted by molar-refractivity contribution is 5.76. The molecule has 3 heteroatoms. The van der Waals surface area contributed by atoms with Gasteiger partial charge in [0.25, 0.3) is 0 Å². The first-order valence-corrected chi connectivity index (χ1v) is 5.00. The van der Waals surface area contributed by atoms with Gasteiger partial charge in [-0.25, -0.2) is 0 Å². The van der Waals surface area contributed by atoms with E-state index in [-0.39, 0.29) is 0 Å². The van der Waals surface area contributed by atoms with Crippen LogP contribution in [-0.4, -0.2) is 15.8 Å². The zero-order valence-electron chi connectivity index (χ0n) is 9.00. The van der Waals surface area contributed by atoms with E-state index in [0.29, 0.717) is 5.69 Å². The highest BCUT2D eigenvalue weighted by atomic mass is 16.1. The number of nitrogens with zero attached hydrogens (tertiary/aromatic N) is 2. The fourth-order valence-electron chi connectivity index (χ4n) is 1.49. The first-order chi connectivity index (χ1) is 7.81. The average Bonchev–Trinajstić information content (AvgIpc) is 2.69. The molecule has 0 saturated heterocycles. The summed E-state index contributed by atoms with van der Waals surface area (Å²) in [5.74, 6) is 0. The summed E-state index contributed by atoms with van der Waals surface area (Å²) in [6, 6.07) is 7.58. The van der Waals surface area contributed by atoms with Gasteiger partial charge < -0.3 is 4.57 Å². The lowest BCUT2D eigenvalue weighted by Gasteiger charge is -1.98. The van der Waals surface area contributed by atoms with Gasteiger partial charge in [-0.05, 0) is 35.9 Å². The van der Waals surface area contributed by atoms with E-state index in [1.165, 1.54) is 0 Å². The first-order valence-electron chi connectivity index (χ1n) is 5.00. The molecule has 0 aliphatic carbocycles. The Morgan fingerprint density at radius 2 is 1.75 bits per heavy atom. The van der Waals surface area contributed by atoms with Crippen molar-refractivity contribution >= 4 is 18.4 Å². The number of hydrogen-bond donors (Lipinski definition) is 0. The number of rotatable bonds is 3. The van der Waals surface area contributed by atoms with Gasteiger partial charge in [-0.3, -0.25) is 9.78 Å². The molecule has 0 aliphatic heterocycles. The topological polar surface area (TPSA) is 34.9 Å². The SMILES string of the molecule is Cn1c(C=O)ccc1/C=C/c1ccncc1. The highest BCUT2D eigenvalue weighted by Crippen LogP contribution is 2.10. The van der Waals surface area contributed by atoms with Gasteiger partial charge in [0.2, 0.25) is 0 Å². The van der Waals surface area contributed by atoms with Crippen molar-refractivity contribution < 1.29 is 4.79 Å². The molecule has 0 spiro atoms. The second-order valence-corrected chi connectivity index (χ2v) is 3.47. The Labute approximate surface area is 94.1 Å². The number of aromatic nitrogens is 2. The highest BCUT2D eigenvalue weighted by Gasteiger charge is 1.99. The molecule has 0 radical (unpaired) electrons. The molecule has 80 valence electrons. The third-order valence-corrected chi connectivity index (χ3v) is 2.47. The fourth-order valence-corrected chi connectivity index (χ4v) is 1.49. The Bertz CT molecular complexity index is 512. The molecule has 2 heterocycles. The Morgan fingerprint density at radius 3 is 2.38 bits per heavy atom. The fraction of sp³-hybridized carbons (Fsp3) is 0.0769. The maximum absolute atomic E-state index is 10.7. The van der Waals surface area contributed by atoms with E-state index in [2.05, 4.69) is 4.98 Å². The van der Waals surface area contributed by atoms with E-state index in [1.54, 1.807) is 18.5 Å². The zero-order chi connectivity index (χ0) is 11.4. The summed E-state index contributed by atoms with van der Waals surface area (Å²) in [5.41, 5.74) is 2.76. The quantitative estimate of drug-likeness (QED) is 0.732. The van der Waals surface area contributed by atoms with E-state index in [9.17, 15) is 4.79 Å². The van der Waals surface area contributed by atoms with Crippen molar-refractivity contribution in [2.75, 3.05) is 0 Å². The molecule has 16 heavy (non-hydrogen) atoms. The molecule has 2 rings (SSSR count). The van der Waals surface area contributed by atoms with Crippen LogP contribution in [0.2, 0.25) is 0 Å². The molecule has 2 aromatic rings. The lowest BCUT2D eigenvalue weighted by molar-refractivity contribution is 0.111. The first kappa shape index (κ1) is 10.4. The molecule has 0 aliphatic rings. The number of aldehydes is 1. The van der Waals surface area contributed by atoms with Crippen molar-refractivity contribution in [1.29, 1.82) is 0 Å². The Kier molecular flexibility index (Phi) is 2.96. The molecule has 2 aromatic heterocycles. The van der Waals surface area contributed by atoms with Crippen LogP contribution in [-0.2, 0) is 7.05 Å². The van der Waals surface area contributed by atoms with Gasteiger partial charge in [-0.1, -0.05) is 6.08 Å². The summed E-state index contributed by atoms with van der Waals surface area (Å²) in [6.45, 7) is 0. The van der Waals surface area contributed by atoms with Crippen molar-refractivity contribution in [1.82, 2.24) is 9.55 Å². The molecule has 0 unspecified atom stereocenters. The number of carbonyl (C=O) groups is 1. The predicted octanol–water partition coefficient (Wildman–Crippen LogP) is 2.40. The molecule has 0 fully saturated rings. The standard InChI is InChI=1S/C13H12N2O/c1-15-12(4-5-13(15)10-16)3-2-11-6-8-14-9-7-11/h2-10H,1H3/b3-2+. The normalized spacial score (nSPS) is 10.8. The zero-order valence-corrected chi connectivity index (χ0v) is 9.00. The monoisotopic (exact) mass is 212 g/mol. The molecule has 0 aromatic carbocycles. The van der Waals surface area contributed by atoms with Gasteiger partial charge in [0.15, 0.2) is 6.29 Å².